The Kier molecular flexibility index (Phi) is 8.53. The van der Waals surface area contributed by atoms with Crippen LogP contribution in [0.4, 0.5) is 0 Å². The first-order valence-corrected chi connectivity index (χ1v) is 16.5. The van der Waals surface area contributed by atoms with Gasteiger partial charge in [0.15, 0.2) is 0 Å². The summed E-state index contributed by atoms with van der Waals surface area (Å²) in [6.45, 7) is 0. The van der Waals surface area contributed by atoms with Gasteiger partial charge in [0, 0.05) is 12.4 Å². The van der Waals surface area contributed by atoms with Gasteiger partial charge < -0.3 is 0 Å². The number of nitriles is 2. The van der Waals surface area contributed by atoms with Crippen molar-refractivity contribution in [2.45, 2.75) is 0 Å². The molecule has 0 fully saturated rings. The summed E-state index contributed by atoms with van der Waals surface area (Å²) in [6, 6.07) is 51.2. The molecule has 0 amide bonds. The number of hydrogen-bond acceptors (Lipinski definition) is 8. The van der Waals surface area contributed by atoms with Crippen molar-refractivity contribution in [1.29, 1.82) is 10.5 Å². The van der Waals surface area contributed by atoms with E-state index < -0.39 is 0 Å². The summed E-state index contributed by atoms with van der Waals surface area (Å²) in [5.41, 5.74) is 12.2. The quantitative estimate of drug-likeness (QED) is 0.165. The summed E-state index contributed by atoms with van der Waals surface area (Å²) in [6.07, 6.45) is 3.54. The van der Waals surface area contributed by atoms with E-state index in [-0.39, 0.29) is 0 Å². The van der Waals surface area contributed by atoms with Gasteiger partial charge in [-0.2, -0.15) is 10.5 Å². The van der Waals surface area contributed by atoms with Crippen LogP contribution in [0.5, 0.6) is 0 Å². The van der Waals surface area contributed by atoms with Gasteiger partial charge in [0.1, 0.15) is 23.5 Å². The Labute approximate surface area is 300 Å². The average Bonchev–Trinajstić information content (AvgIpc) is 3.24. The van der Waals surface area contributed by atoms with Gasteiger partial charge in [-0.1, -0.05) is 72.8 Å². The van der Waals surface area contributed by atoms with E-state index in [1.54, 1.807) is 36.7 Å². The summed E-state index contributed by atoms with van der Waals surface area (Å²) < 4.78 is 0. The van der Waals surface area contributed by atoms with Gasteiger partial charge in [-0.05, 0) is 106 Å². The van der Waals surface area contributed by atoms with Crippen LogP contribution in [-0.2, 0) is 0 Å². The zero-order chi connectivity index (χ0) is 35.3. The van der Waals surface area contributed by atoms with Crippen LogP contribution in [0.2, 0.25) is 0 Å². The van der Waals surface area contributed by atoms with E-state index in [2.05, 4.69) is 92.7 Å². The lowest BCUT2D eigenvalue weighted by Crippen LogP contribution is -1.96. The molecule has 52 heavy (non-hydrogen) atoms. The molecule has 6 heterocycles. The standard InChI is InChI=1S/C44H26N8/c45-27-35-7-5-11-39(49-35)43-25-34(26-44(52-43)40-12-6-8-36(28-46)50-40)32-19-15-30(16-20-32)29-13-17-31(18-14-29)33-23-41(37-9-1-3-21-47-37)51-42(24-33)38-10-2-4-22-48-38/h1-26H. The smallest absolute Gasteiger partial charge is 0.141 e. The van der Waals surface area contributed by atoms with E-state index in [0.717, 1.165) is 56.2 Å². The highest BCUT2D eigenvalue weighted by molar-refractivity contribution is 5.79. The van der Waals surface area contributed by atoms with Crippen molar-refractivity contribution in [2.75, 3.05) is 0 Å². The molecule has 0 atom stereocenters. The van der Waals surface area contributed by atoms with Crippen molar-refractivity contribution < 1.29 is 0 Å². The third-order valence-corrected chi connectivity index (χ3v) is 8.53. The monoisotopic (exact) mass is 666 g/mol. The van der Waals surface area contributed by atoms with Crippen molar-refractivity contribution in [3.05, 3.63) is 169 Å². The molecule has 0 saturated carbocycles. The molecule has 0 aliphatic heterocycles. The molecule has 6 aromatic heterocycles. The van der Waals surface area contributed by atoms with Crippen molar-refractivity contribution in [2.24, 2.45) is 0 Å². The van der Waals surface area contributed by atoms with Gasteiger partial charge in [-0.25, -0.2) is 19.9 Å². The lowest BCUT2D eigenvalue weighted by molar-refractivity contribution is 1.19. The van der Waals surface area contributed by atoms with E-state index >= 15 is 0 Å². The fourth-order valence-electron chi connectivity index (χ4n) is 5.94. The molecule has 0 radical (unpaired) electrons. The van der Waals surface area contributed by atoms with Gasteiger partial charge in [0.25, 0.3) is 0 Å². The Morgan fingerprint density at radius 2 is 0.654 bits per heavy atom. The molecule has 0 saturated heterocycles. The largest absolute Gasteiger partial charge is 0.255 e. The zero-order valence-electron chi connectivity index (χ0n) is 27.6. The van der Waals surface area contributed by atoms with Gasteiger partial charge >= 0.3 is 0 Å². The third kappa shape index (κ3) is 6.64. The van der Waals surface area contributed by atoms with Crippen LogP contribution in [0.1, 0.15) is 11.4 Å². The molecule has 8 nitrogen and oxygen atoms in total. The second-order valence-corrected chi connectivity index (χ2v) is 11.9. The number of aromatic nitrogens is 6. The minimum atomic E-state index is 0.303. The molecule has 0 aliphatic carbocycles. The lowest BCUT2D eigenvalue weighted by Gasteiger charge is -2.11. The van der Waals surface area contributed by atoms with Crippen LogP contribution in [0, 0.1) is 22.7 Å². The van der Waals surface area contributed by atoms with Crippen molar-refractivity contribution >= 4 is 0 Å². The molecule has 8 heteroatoms. The van der Waals surface area contributed by atoms with E-state index in [9.17, 15) is 10.5 Å². The summed E-state index contributed by atoms with van der Waals surface area (Å²) in [7, 11) is 0. The molecule has 0 bridgehead atoms. The highest BCUT2D eigenvalue weighted by atomic mass is 14.8. The van der Waals surface area contributed by atoms with Crippen LogP contribution in [0.15, 0.2) is 158 Å². The zero-order valence-corrected chi connectivity index (χ0v) is 27.6. The van der Waals surface area contributed by atoms with Gasteiger partial charge in [0.05, 0.1) is 45.6 Å². The number of hydrogen-bond donors (Lipinski definition) is 0. The topological polar surface area (TPSA) is 125 Å². The van der Waals surface area contributed by atoms with E-state index in [4.69, 9.17) is 9.97 Å². The second kappa shape index (κ2) is 14.0. The first-order valence-electron chi connectivity index (χ1n) is 16.5. The van der Waals surface area contributed by atoms with Gasteiger partial charge in [-0.3, -0.25) is 9.97 Å². The number of benzene rings is 2. The Bertz CT molecular complexity index is 2490. The van der Waals surface area contributed by atoms with Gasteiger partial charge in [0.2, 0.25) is 0 Å². The molecule has 0 aliphatic rings. The summed E-state index contributed by atoms with van der Waals surface area (Å²) in [4.78, 5) is 27.8. The Balaban J connectivity index is 1.13. The maximum Gasteiger partial charge on any atom is 0.141 e. The Morgan fingerprint density at radius 3 is 1.00 bits per heavy atom. The van der Waals surface area contributed by atoms with Crippen LogP contribution < -0.4 is 0 Å². The second-order valence-electron chi connectivity index (χ2n) is 11.9. The summed E-state index contributed by atoms with van der Waals surface area (Å²) >= 11 is 0. The SMILES string of the molecule is N#Cc1cccc(-c2cc(-c3ccc(-c4ccc(-c5cc(-c6ccccn6)nc(-c6ccccn6)c5)cc4)cc3)cc(-c3cccc(C#N)n3)n2)n1. The molecular weight excluding hydrogens is 641 g/mol. The number of pyridine rings is 6. The van der Waals surface area contributed by atoms with Crippen LogP contribution in [0.25, 0.3) is 78.9 Å². The average molecular weight is 667 g/mol. The predicted molar refractivity (Wildman–Crippen MR) is 201 cm³/mol. The lowest BCUT2D eigenvalue weighted by atomic mass is 9.97. The number of rotatable bonds is 7. The van der Waals surface area contributed by atoms with Gasteiger partial charge in [-0.15, -0.1) is 0 Å². The molecule has 2 aromatic carbocycles. The van der Waals surface area contributed by atoms with E-state index in [1.807, 2.05) is 60.7 Å². The highest BCUT2D eigenvalue weighted by Gasteiger charge is 2.14. The normalized spacial score (nSPS) is 10.7. The molecule has 0 unspecified atom stereocenters. The first-order chi connectivity index (χ1) is 25.6. The maximum atomic E-state index is 9.45. The fourth-order valence-corrected chi connectivity index (χ4v) is 5.94. The Hall–Kier alpha value is -7.68. The highest BCUT2D eigenvalue weighted by Crippen LogP contribution is 2.33. The fraction of sp³-hybridized carbons (Fsp3) is 0. The Morgan fingerprint density at radius 1 is 0.308 bits per heavy atom. The minimum Gasteiger partial charge on any atom is -0.255 e. The molecule has 0 N–H and O–H groups in total. The molecule has 8 aromatic rings. The van der Waals surface area contributed by atoms with E-state index in [1.165, 1.54) is 0 Å². The third-order valence-electron chi connectivity index (χ3n) is 8.53. The summed E-state index contributed by atoms with van der Waals surface area (Å²) in [5.74, 6) is 0. The van der Waals surface area contributed by atoms with E-state index in [0.29, 0.717) is 34.2 Å². The van der Waals surface area contributed by atoms with Crippen molar-refractivity contribution in [3.8, 4) is 91.1 Å². The number of nitrogens with zero attached hydrogens (tertiary/aromatic N) is 8. The molecule has 242 valence electrons. The van der Waals surface area contributed by atoms with Crippen LogP contribution >= 0.6 is 0 Å². The van der Waals surface area contributed by atoms with Crippen molar-refractivity contribution in [1.82, 2.24) is 29.9 Å². The minimum absolute atomic E-state index is 0.303. The molecule has 8 rings (SSSR count). The first kappa shape index (κ1) is 31.6. The summed E-state index contributed by atoms with van der Waals surface area (Å²) in [5, 5.41) is 18.9. The predicted octanol–water partition coefficient (Wildman–Crippen LogP) is 9.47. The maximum absolute atomic E-state index is 9.45. The van der Waals surface area contributed by atoms with Crippen LogP contribution in [0.3, 0.4) is 0 Å². The van der Waals surface area contributed by atoms with Crippen molar-refractivity contribution in [3.63, 3.8) is 0 Å². The molecule has 0 spiro atoms. The van der Waals surface area contributed by atoms with Crippen LogP contribution in [-0.4, -0.2) is 29.9 Å². The molecular formula is C44H26N8.